The van der Waals surface area contributed by atoms with Crippen LogP contribution in [-0.4, -0.2) is 4.89 Å². The van der Waals surface area contributed by atoms with Crippen LogP contribution in [-0.2, 0) is 18.1 Å². The Morgan fingerprint density at radius 3 is 2.12 bits per heavy atom. The molecule has 0 aromatic rings. The summed E-state index contributed by atoms with van der Waals surface area (Å²) >= 11 is 0. The molecule has 0 saturated carbocycles. The molecule has 0 aromatic carbocycles. The summed E-state index contributed by atoms with van der Waals surface area (Å²) in [6.45, 7) is 0. The lowest BCUT2D eigenvalue weighted by atomic mass is 13.6. The van der Waals surface area contributed by atoms with Crippen molar-refractivity contribution in [1.29, 1.82) is 0 Å². The van der Waals surface area contributed by atoms with Gasteiger partial charge in [-0.1, -0.05) is 0 Å². The molecule has 3 N–H and O–H groups in total. The van der Waals surface area contributed by atoms with Gasteiger partial charge >= 0.3 is 16.5 Å². The zero-order valence-electron chi connectivity index (χ0n) is 3.66. The summed E-state index contributed by atoms with van der Waals surface area (Å²) in [5.41, 5.74) is 0. The number of hydrogen-bond acceptors (Lipinski definition) is 5. The molecule has 0 heterocycles. The van der Waals surface area contributed by atoms with Crippen LogP contribution in [0, 0.1) is 0 Å². The quantitative estimate of drug-likeness (QED) is 0.434. The minimum absolute atomic E-state index is 2.92. The van der Waals surface area contributed by atoms with E-state index in [2.05, 4.69) is 14.8 Å². The van der Waals surface area contributed by atoms with Crippen LogP contribution in [0.4, 0.5) is 0 Å². The third kappa shape index (κ3) is 4.46. The van der Waals surface area contributed by atoms with Gasteiger partial charge in [-0.25, -0.2) is 14.8 Å². The van der Waals surface area contributed by atoms with Crippen LogP contribution < -0.4 is 5.90 Å². The van der Waals surface area contributed by atoms with Gasteiger partial charge in [0.1, 0.15) is 0 Å². The van der Waals surface area contributed by atoms with Crippen molar-refractivity contribution in [2.24, 2.45) is 5.90 Å². The first kappa shape index (κ1) is 8.30. The second-order valence-corrected chi connectivity index (χ2v) is 2.82. The molecule has 0 fully saturated rings. The molecule has 0 amide bonds. The van der Waals surface area contributed by atoms with Crippen molar-refractivity contribution in [3.05, 3.63) is 0 Å². The summed E-state index contributed by atoms with van der Waals surface area (Å²) < 4.78 is 26.8. The van der Waals surface area contributed by atoms with Crippen LogP contribution in [0.15, 0.2) is 0 Å². The Balaban J connectivity index is 3.40. The van der Waals surface area contributed by atoms with Crippen molar-refractivity contribution in [2.45, 2.75) is 0 Å². The zero-order chi connectivity index (χ0) is 6.57. The molecule has 0 aliphatic carbocycles. The summed E-state index contributed by atoms with van der Waals surface area (Å²) in [5, 5.41) is 0. The molecule has 0 saturated heterocycles. The van der Waals surface area contributed by atoms with Gasteiger partial charge in [-0.2, -0.15) is 0 Å². The standard InChI is InChI=1S/H5NO5P2/c1-5-8(4)6-7(2)3/h7-8H,1H2,(H,2,3). The summed E-state index contributed by atoms with van der Waals surface area (Å²) in [4.78, 5) is 7.87. The van der Waals surface area contributed by atoms with Crippen molar-refractivity contribution >= 4 is 16.5 Å². The van der Waals surface area contributed by atoms with Gasteiger partial charge in [-0.3, -0.25) is 9.13 Å². The van der Waals surface area contributed by atoms with Gasteiger partial charge in [0.15, 0.2) is 0 Å². The fraction of sp³-hybridized carbons (Fsp3) is 0. The summed E-state index contributed by atoms with van der Waals surface area (Å²) in [7, 11) is -6.09. The highest BCUT2D eigenvalue weighted by Gasteiger charge is 1.98. The monoisotopic (exact) mass is 161 g/mol. The van der Waals surface area contributed by atoms with E-state index in [1.807, 2.05) is 0 Å². The van der Waals surface area contributed by atoms with Gasteiger partial charge in [0.25, 0.3) is 0 Å². The Morgan fingerprint density at radius 2 is 2.00 bits per heavy atom. The zero-order valence-corrected chi connectivity index (χ0v) is 5.66. The molecule has 0 radical (unpaired) electrons. The van der Waals surface area contributed by atoms with Crippen molar-refractivity contribution < 1.29 is 23.0 Å². The summed E-state index contributed by atoms with van der Waals surface area (Å²) in [5.74, 6) is 4.29. The first-order valence-corrected chi connectivity index (χ1v) is 3.97. The molecule has 2 unspecified atom stereocenters. The summed E-state index contributed by atoms with van der Waals surface area (Å²) in [6.07, 6.45) is 0. The van der Waals surface area contributed by atoms with Gasteiger partial charge in [-0.05, 0) is 0 Å². The van der Waals surface area contributed by atoms with E-state index in [0.29, 0.717) is 0 Å². The molecule has 0 aromatic heterocycles. The molecule has 50 valence electrons. The van der Waals surface area contributed by atoms with Gasteiger partial charge in [-0.15, -0.1) is 0 Å². The highest BCUT2D eigenvalue weighted by molar-refractivity contribution is 7.47. The van der Waals surface area contributed by atoms with E-state index in [4.69, 9.17) is 4.89 Å². The number of rotatable bonds is 3. The van der Waals surface area contributed by atoms with Crippen LogP contribution in [0.5, 0.6) is 0 Å². The smallest absolute Gasteiger partial charge is 0.326 e. The van der Waals surface area contributed by atoms with Crippen LogP contribution in [0.3, 0.4) is 0 Å². The number of nitrogens with two attached hydrogens (primary N) is 1. The molecule has 0 spiro atoms. The first-order chi connectivity index (χ1) is 3.66. The van der Waals surface area contributed by atoms with Crippen molar-refractivity contribution in [1.82, 2.24) is 0 Å². The third-order valence-electron chi connectivity index (χ3n) is 0.267. The predicted octanol–water partition coefficient (Wildman–Crippen LogP) is -0.335. The van der Waals surface area contributed by atoms with E-state index in [1.165, 1.54) is 0 Å². The minimum atomic E-state index is -3.17. The van der Waals surface area contributed by atoms with Gasteiger partial charge in [0.2, 0.25) is 0 Å². The molecular weight excluding hydrogens is 156 g/mol. The molecular formula is H5NO5P2. The molecule has 0 bridgehead atoms. The second-order valence-electron chi connectivity index (χ2n) is 0.736. The average Bonchev–Trinajstić information content (AvgIpc) is 1.65. The minimum Gasteiger partial charge on any atom is -0.326 e. The van der Waals surface area contributed by atoms with E-state index in [0.717, 1.165) is 0 Å². The van der Waals surface area contributed by atoms with Crippen LogP contribution >= 0.6 is 16.5 Å². The third-order valence-corrected chi connectivity index (χ3v) is 1.82. The van der Waals surface area contributed by atoms with Crippen LogP contribution in [0.25, 0.3) is 0 Å². The lowest BCUT2D eigenvalue weighted by Gasteiger charge is -1.92. The predicted molar refractivity (Wildman–Crippen MR) is 26.6 cm³/mol. The Labute approximate surface area is 46.4 Å². The highest BCUT2D eigenvalue weighted by atomic mass is 31.2. The summed E-state index contributed by atoms with van der Waals surface area (Å²) in [6, 6.07) is 0. The topological polar surface area (TPSA) is 98.9 Å². The van der Waals surface area contributed by atoms with Gasteiger partial charge in [0, 0.05) is 0 Å². The Bertz CT molecular complexity index is 109. The molecule has 2 atom stereocenters. The fourth-order valence-electron chi connectivity index (χ4n) is 0.0953. The van der Waals surface area contributed by atoms with E-state index in [1.54, 1.807) is 0 Å². The van der Waals surface area contributed by atoms with Gasteiger partial charge < -0.3 is 4.89 Å². The van der Waals surface area contributed by atoms with Crippen molar-refractivity contribution in [3.63, 3.8) is 0 Å². The normalized spacial score (nSPS) is 17.8. The molecule has 0 rings (SSSR count). The molecule has 8 heavy (non-hydrogen) atoms. The first-order valence-electron chi connectivity index (χ1n) is 1.48. The maximum absolute atomic E-state index is 9.90. The van der Waals surface area contributed by atoms with E-state index < -0.39 is 16.5 Å². The van der Waals surface area contributed by atoms with E-state index in [-0.39, 0.29) is 0 Å². The fourth-order valence-corrected chi connectivity index (χ4v) is 0.858. The lowest BCUT2D eigenvalue weighted by molar-refractivity contribution is 0.289. The average molecular weight is 161 g/mol. The van der Waals surface area contributed by atoms with Crippen LogP contribution in [0.2, 0.25) is 0 Å². The maximum atomic E-state index is 9.90. The lowest BCUT2D eigenvalue weighted by Crippen LogP contribution is -1.86. The molecule has 0 aliphatic rings. The van der Waals surface area contributed by atoms with Crippen molar-refractivity contribution in [3.8, 4) is 0 Å². The van der Waals surface area contributed by atoms with Gasteiger partial charge in [0.05, 0.1) is 0 Å². The van der Waals surface area contributed by atoms with Crippen molar-refractivity contribution in [2.75, 3.05) is 0 Å². The molecule has 0 aliphatic heterocycles. The number of hydrogen-bond donors (Lipinski definition) is 2. The Hall–Kier alpha value is 0.300. The second kappa shape index (κ2) is 4.21. The largest absolute Gasteiger partial charge is 0.342 e. The highest BCUT2D eigenvalue weighted by Crippen LogP contribution is 2.33. The molecule has 6 nitrogen and oxygen atoms in total. The molecule has 8 heteroatoms. The van der Waals surface area contributed by atoms with E-state index >= 15 is 0 Å². The SMILES string of the molecule is NO[PH](=O)O[PH](=O)O. The maximum Gasteiger partial charge on any atom is 0.342 e. The Kier molecular flexibility index (Phi) is 4.36. The van der Waals surface area contributed by atoms with Crippen LogP contribution in [0.1, 0.15) is 0 Å². The Morgan fingerprint density at radius 1 is 1.50 bits per heavy atom. The van der Waals surface area contributed by atoms with E-state index in [9.17, 15) is 9.13 Å².